The van der Waals surface area contributed by atoms with E-state index in [1.165, 1.54) is 6.42 Å². The quantitative estimate of drug-likeness (QED) is 0.828. The number of likely N-dealkylation sites (tertiary alicyclic amines) is 1. The number of rotatable bonds is 6. The molecule has 0 aliphatic carbocycles. The van der Waals surface area contributed by atoms with Crippen molar-refractivity contribution >= 4 is 5.91 Å². The highest BCUT2D eigenvalue weighted by Gasteiger charge is 2.21. The van der Waals surface area contributed by atoms with E-state index in [0.717, 1.165) is 31.7 Å². The Hall–Kier alpha value is -1.39. The van der Waals surface area contributed by atoms with Crippen molar-refractivity contribution < 1.29 is 4.79 Å². The second-order valence-electron chi connectivity index (χ2n) is 5.57. The summed E-state index contributed by atoms with van der Waals surface area (Å²) in [5.41, 5.74) is 7.07. The van der Waals surface area contributed by atoms with E-state index < -0.39 is 0 Å². The third-order valence-corrected chi connectivity index (χ3v) is 4.04. The maximum Gasteiger partial charge on any atom is 0.221 e. The molecule has 2 unspecified atom stereocenters. The minimum atomic E-state index is -0.216. The molecule has 2 atom stereocenters. The van der Waals surface area contributed by atoms with E-state index in [4.69, 9.17) is 5.73 Å². The van der Waals surface area contributed by atoms with E-state index >= 15 is 0 Å². The molecular weight excluding hydrogens is 250 g/mol. The fraction of sp³-hybridized carbons (Fsp3) is 0.562. The minimum Gasteiger partial charge on any atom is -0.356 e. The molecule has 1 aromatic carbocycles. The van der Waals surface area contributed by atoms with Crippen molar-refractivity contribution in [3.63, 3.8) is 0 Å². The number of benzene rings is 1. The molecule has 4 heteroatoms. The second kappa shape index (κ2) is 7.41. The summed E-state index contributed by atoms with van der Waals surface area (Å²) in [5, 5.41) is 3.02. The van der Waals surface area contributed by atoms with E-state index in [1.807, 2.05) is 30.3 Å². The largest absolute Gasteiger partial charge is 0.356 e. The van der Waals surface area contributed by atoms with Gasteiger partial charge in [-0.3, -0.25) is 4.79 Å². The molecule has 1 amide bonds. The number of carbonyl (C=O) groups is 1. The Labute approximate surface area is 121 Å². The summed E-state index contributed by atoms with van der Waals surface area (Å²) < 4.78 is 0. The average Bonchev–Trinajstić information content (AvgIpc) is 2.94. The van der Waals surface area contributed by atoms with E-state index in [9.17, 15) is 4.79 Å². The predicted molar refractivity (Wildman–Crippen MR) is 81.2 cm³/mol. The molecule has 2 rings (SSSR count). The molecule has 0 saturated carbocycles. The minimum absolute atomic E-state index is 0.0521. The van der Waals surface area contributed by atoms with Crippen LogP contribution in [-0.4, -0.2) is 37.0 Å². The molecular formula is C16H25N3O. The SMILES string of the molecule is CCN1CCC(CNC(=O)CC(N)c2ccccc2)C1. The number of amides is 1. The van der Waals surface area contributed by atoms with Crippen LogP contribution in [0.1, 0.15) is 31.4 Å². The smallest absolute Gasteiger partial charge is 0.221 e. The van der Waals surface area contributed by atoms with Crippen LogP contribution in [0.5, 0.6) is 0 Å². The zero-order valence-corrected chi connectivity index (χ0v) is 12.2. The summed E-state index contributed by atoms with van der Waals surface area (Å²) in [7, 11) is 0. The van der Waals surface area contributed by atoms with Crippen molar-refractivity contribution in [2.75, 3.05) is 26.2 Å². The topological polar surface area (TPSA) is 58.4 Å². The van der Waals surface area contributed by atoms with E-state index in [-0.39, 0.29) is 11.9 Å². The first-order valence-electron chi connectivity index (χ1n) is 7.48. The number of nitrogens with zero attached hydrogens (tertiary/aromatic N) is 1. The van der Waals surface area contributed by atoms with E-state index in [1.54, 1.807) is 0 Å². The summed E-state index contributed by atoms with van der Waals surface area (Å²) in [6, 6.07) is 9.57. The maximum absolute atomic E-state index is 11.9. The van der Waals surface area contributed by atoms with Crippen molar-refractivity contribution in [2.24, 2.45) is 11.7 Å². The van der Waals surface area contributed by atoms with Gasteiger partial charge in [0.2, 0.25) is 5.91 Å². The molecule has 20 heavy (non-hydrogen) atoms. The van der Waals surface area contributed by atoms with Gasteiger partial charge >= 0.3 is 0 Å². The Bertz CT molecular complexity index is 421. The van der Waals surface area contributed by atoms with Crippen LogP contribution in [-0.2, 0) is 4.79 Å². The van der Waals surface area contributed by atoms with Crippen LogP contribution in [0, 0.1) is 5.92 Å². The van der Waals surface area contributed by atoms with E-state index in [2.05, 4.69) is 17.1 Å². The van der Waals surface area contributed by atoms with Gasteiger partial charge in [0.15, 0.2) is 0 Å². The van der Waals surface area contributed by atoms with Crippen LogP contribution in [0.4, 0.5) is 0 Å². The summed E-state index contributed by atoms with van der Waals surface area (Å²) in [6.45, 7) is 6.31. The lowest BCUT2D eigenvalue weighted by molar-refractivity contribution is -0.121. The molecule has 0 bridgehead atoms. The second-order valence-corrected chi connectivity index (χ2v) is 5.57. The van der Waals surface area contributed by atoms with Crippen LogP contribution >= 0.6 is 0 Å². The number of nitrogens with one attached hydrogen (secondary N) is 1. The van der Waals surface area contributed by atoms with Crippen molar-refractivity contribution in [3.05, 3.63) is 35.9 Å². The predicted octanol–water partition coefficient (Wildman–Crippen LogP) is 1.53. The fourth-order valence-electron chi connectivity index (χ4n) is 2.71. The van der Waals surface area contributed by atoms with Crippen LogP contribution < -0.4 is 11.1 Å². The Morgan fingerprint density at radius 1 is 1.45 bits per heavy atom. The molecule has 0 spiro atoms. The van der Waals surface area contributed by atoms with Gasteiger partial charge in [-0.15, -0.1) is 0 Å². The molecule has 110 valence electrons. The molecule has 1 heterocycles. The number of hydrogen-bond donors (Lipinski definition) is 2. The lowest BCUT2D eigenvalue weighted by Gasteiger charge is -2.15. The molecule has 1 aliphatic heterocycles. The molecule has 1 fully saturated rings. The summed E-state index contributed by atoms with van der Waals surface area (Å²) in [6.07, 6.45) is 1.53. The van der Waals surface area contributed by atoms with Crippen molar-refractivity contribution in [1.29, 1.82) is 0 Å². The average molecular weight is 275 g/mol. The standard InChI is InChI=1S/C16H25N3O/c1-2-19-9-8-13(12-19)11-18-16(20)10-15(17)14-6-4-3-5-7-14/h3-7,13,15H,2,8-12,17H2,1H3,(H,18,20). The highest BCUT2D eigenvalue weighted by atomic mass is 16.1. The van der Waals surface area contributed by atoms with E-state index in [0.29, 0.717) is 12.3 Å². The van der Waals surface area contributed by atoms with Gasteiger partial charge in [-0.25, -0.2) is 0 Å². The zero-order valence-electron chi connectivity index (χ0n) is 12.2. The molecule has 1 aromatic rings. The Morgan fingerprint density at radius 2 is 2.20 bits per heavy atom. The first-order valence-corrected chi connectivity index (χ1v) is 7.48. The van der Waals surface area contributed by atoms with Gasteiger partial charge in [-0.1, -0.05) is 37.3 Å². The molecule has 4 nitrogen and oxygen atoms in total. The highest BCUT2D eigenvalue weighted by Crippen LogP contribution is 2.16. The van der Waals surface area contributed by atoms with Gasteiger partial charge in [-0.2, -0.15) is 0 Å². The van der Waals surface area contributed by atoms with Gasteiger partial charge < -0.3 is 16.0 Å². The lowest BCUT2D eigenvalue weighted by Crippen LogP contribution is -2.32. The third kappa shape index (κ3) is 4.32. The Morgan fingerprint density at radius 3 is 2.85 bits per heavy atom. The summed E-state index contributed by atoms with van der Waals surface area (Å²) in [4.78, 5) is 14.4. The van der Waals surface area contributed by atoms with Crippen LogP contribution in [0.25, 0.3) is 0 Å². The number of carbonyl (C=O) groups excluding carboxylic acids is 1. The summed E-state index contributed by atoms with van der Waals surface area (Å²) in [5.74, 6) is 0.642. The highest BCUT2D eigenvalue weighted by molar-refractivity contribution is 5.76. The molecule has 0 radical (unpaired) electrons. The van der Waals surface area contributed by atoms with Crippen molar-refractivity contribution in [1.82, 2.24) is 10.2 Å². The maximum atomic E-state index is 11.9. The number of hydrogen-bond acceptors (Lipinski definition) is 3. The molecule has 1 aliphatic rings. The Kier molecular flexibility index (Phi) is 5.56. The van der Waals surface area contributed by atoms with Gasteiger partial charge in [0.05, 0.1) is 0 Å². The fourth-order valence-corrected chi connectivity index (χ4v) is 2.71. The third-order valence-electron chi connectivity index (χ3n) is 4.04. The number of nitrogens with two attached hydrogens (primary N) is 1. The van der Waals surface area contributed by atoms with Gasteiger partial charge in [0, 0.05) is 25.6 Å². The van der Waals surface area contributed by atoms with Gasteiger partial charge in [0.1, 0.15) is 0 Å². The Balaban J connectivity index is 1.70. The van der Waals surface area contributed by atoms with Gasteiger partial charge in [0.25, 0.3) is 0 Å². The zero-order chi connectivity index (χ0) is 14.4. The first-order chi connectivity index (χ1) is 9.69. The van der Waals surface area contributed by atoms with Crippen molar-refractivity contribution in [2.45, 2.75) is 25.8 Å². The lowest BCUT2D eigenvalue weighted by atomic mass is 10.0. The molecule has 0 aromatic heterocycles. The van der Waals surface area contributed by atoms with Gasteiger partial charge in [-0.05, 0) is 31.0 Å². The molecule has 1 saturated heterocycles. The normalized spacial score (nSPS) is 20.8. The van der Waals surface area contributed by atoms with Crippen LogP contribution in [0.2, 0.25) is 0 Å². The summed E-state index contributed by atoms with van der Waals surface area (Å²) >= 11 is 0. The first kappa shape index (κ1) is 15.0. The molecule has 3 N–H and O–H groups in total. The monoisotopic (exact) mass is 275 g/mol. The van der Waals surface area contributed by atoms with Crippen LogP contribution in [0.3, 0.4) is 0 Å². The van der Waals surface area contributed by atoms with Crippen LogP contribution in [0.15, 0.2) is 30.3 Å². The van der Waals surface area contributed by atoms with Crippen molar-refractivity contribution in [3.8, 4) is 0 Å².